The Kier molecular flexibility index (Phi) is 5.23. The van der Waals surface area contributed by atoms with Gasteiger partial charge < -0.3 is 15.8 Å². The molecule has 3 N–H and O–H groups in total. The minimum Gasteiger partial charge on any atom is -0.484 e. The van der Waals surface area contributed by atoms with Crippen LogP contribution < -0.4 is 15.8 Å². The lowest BCUT2D eigenvalue weighted by Crippen LogP contribution is -2.20. The van der Waals surface area contributed by atoms with E-state index in [1.165, 1.54) is 12.4 Å². The quantitative estimate of drug-likeness (QED) is 0.669. The van der Waals surface area contributed by atoms with Crippen LogP contribution >= 0.6 is 0 Å². The summed E-state index contributed by atoms with van der Waals surface area (Å²) in [5.41, 5.74) is 7.17. The van der Waals surface area contributed by atoms with E-state index in [2.05, 4.69) is 15.4 Å². The van der Waals surface area contributed by atoms with Gasteiger partial charge in [0.05, 0.1) is 6.54 Å². The van der Waals surface area contributed by atoms with Gasteiger partial charge in [0.25, 0.3) is 5.91 Å². The summed E-state index contributed by atoms with van der Waals surface area (Å²) < 4.78 is 7.09. The maximum atomic E-state index is 12.1. The van der Waals surface area contributed by atoms with Crippen molar-refractivity contribution in [2.75, 3.05) is 11.9 Å². The number of benzene rings is 2. The Balaban J connectivity index is 1.56. The molecule has 0 atom stereocenters. The van der Waals surface area contributed by atoms with E-state index in [0.29, 0.717) is 23.5 Å². The molecule has 0 aliphatic rings. The number of nitrogens with one attached hydrogen (secondary N) is 1. The Morgan fingerprint density at radius 1 is 1.15 bits per heavy atom. The van der Waals surface area contributed by atoms with Gasteiger partial charge >= 0.3 is 0 Å². The van der Waals surface area contributed by atoms with Gasteiger partial charge in [0.1, 0.15) is 18.4 Å². The molecule has 0 fully saturated rings. The van der Waals surface area contributed by atoms with Gasteiger partial charge in [-0.3, -0.25) is 9.59 Å². The zero-order valence-electron chi connectivity index (χ0n) is 13.8. The summed E-state index contributed by atoms with van der Waals surface area (Å²) in [6.45, 7) is 0.371. The number of anilines is 1. The third-order valence-corrected chi connectivity index (χ3v) is 3.51. The molecule has 0 bridgehead atoms. The van der Waals surface area contributed by atoms with Gasteiger partial charge in [-0.2, -0.15) is 5.10 Å². The largest absolute Gasteiger partial charge is 0.484 e. The van der Waals surface area contributed by atoms with Gasteiger partial charge in [-0.25, -0.2) is 9.67 Å². The number of carbonyl (C=O) groups is 2. The smallest absolute Gasteiger partial charge is 0.262 e. The highest BCUT2D eigenvalue weighted by Gasteiger charge is 2.07. The van der Waals surface area contributed by atoms with E-state index in [9.17, 15) is 9.59 Å². The summed E-state index contributed by atoms with van der Waals surface area (Å²) >= 11 is 0. The van der Waals surface area contributed by atoms with Crippen molar-refractivity contribution in [1.82, 2.24) is 14.8 Å². The number of nitrogens with two attached hydrogens (primary N) is 1. The van der Waals surface area contributed by atoms with Crippen molar-refractivity contribution in [2.24, 2.45) is 5.73 Å². The summed E-state index contributed by atoms with van der Waals surface area (Å²) in [5.74, 6) is -0.465. The van der Waals surface area contributed by atoms with Crippen LogP contribution in [0.1, 0.15) is 15.9 Å². The molecule has 3 aromatic rings. The lowest BCUT2D eigenvalue weighted by molar-refractivity contribution is -0.118. The van der Waals surface area contributed by atoms with E-state index in [4.69, 9.17) is 10.5 Å². The number of ether oxygens (including phenoxy) is 1. The first kappa shape index (κ1) is 17.2. The first-order valence-electron chi connectivity index (χ1n) is 7.84. The lowest BCUT2D eigenvalue weighted by atomic mass is 10.2. The van der Waals surface area contributed by atoms with Crippen LogP contribution in [-0.2, 0) is 11.3 Å². The lowest BCUT2D eigenvalue weighted by Gasteiger charge is -2.09. The van der Waals surface area contributed by atoms with Gasteiger partial charge in [0.2, 0.25) is 5.91 Å². The average Bonchev–Trinajstić information content (AvgIpc) is 3.13. The second-order valence-electron chi connectivity index (χ2n) is 5.52. The summed E-state index contributed by atoms with van der Waals surface area (Å²) in [5, 5.41) is 6.82. The van der Waals surface area contributed by atoms with Gasteiger partial charge in [0, 0.05) is 11.3 Å². The van der Waals surface area contributed by atoms with Crippen molar-refractivity contribution < 1.29 is 14.3 Å². The van der Waals surface area contributed by atoms with Crippen molar-refractivity contribution in [3.63, 3.8) is 0 Å². The second kappa shape index (κ2) is 7.93. The standard InChI is InChI=1S/C18H17N5O3/c19-18(25)14-4-2-6-16(8-14)26-10-17(24)22-15-5-1-3-13(7-15)9-23-12-20-11-21-23/h1-8,11-12H,9-10H2,(H2,19,25)(H,22,24). The number of hydrogen-bond acceptors (Lipinski definition) is 5. The van der Waals surface area contributed by atoms with Crippen molar-refractivity contribution >= 4 is 17.5 Å². The van der Waals surface area contributed by atoms with Crippen LogP contribution in [0.3, 0.4) is 0 Å². The molecule has 0 radical (unpaired) electrons. The van der Waals surface area contributed by atoms with Crippen molar-refractivity contribution in [3.8, 4) is 5.75 Å². The number of carbonyl (C=O) groups excluding carboxylic acids is 2. The topological polar surface area (TPSA) is 112 Å². The van der Waals surface area contributed by atoms with E-state index in [-0.39, 0.29) is 12.5 Å². The molecule has 26 heavy (non-hydrogen) atoms. The number of primary amides is 1. The summed E-state index contributed by atoms with van der Waals surface area (Å²) in [4.78, 5) is 27.1. The minimum absolute atomic E-state index is 0.185. The Morgan fingerprint density at radius 3 is 2.77 bits per heavy atom. The highest BCUT2D eigenvalue weighted by Crippen LogP contribution is 2.14. The molecule has 0 aliphatic carbocycles. The Bertz CT molecular complexity index is 909. The number of aromatic nitrogens is 3. The Labute approximate surface area is 149 Å². The fourth-order valence-electron chi connectivity index (χ4n) is 2.33. The monoisotopic (exact) mass is 351 g/mol. The van der Waals surface area contributed by atoms with E-state index in [1.54, 1.807) is 35.3 Å². The number of amides is 2. The molecule has 3 rings (SSSR count). The SMILES string of the molecule is NC(=O)c1cccc(OCC(=O)Nc2cccc(Cn3cncn3)c2)c1. The normalized spacial score (nSPS) is 10.3. The van der Waals surface area contributed by atoms with E-state index >= 15 is 0 Å². The van der Waals surface area contributed by atoms with Gasteiger partial charge in [-0.1, -0.05) is 18.2 Å². The zero-order valence-corrected chi connectivity index (χ0v) is 13.8. The summed E-state index contributed by atoms with van der Waals surface area (Å²) in [6, 6.07) is 13.8. The Hall–Kier alpha value is -3.68. The van der Waals surface area contributed by atoms with Crippen molar-refractivity contribution in [1.29, 1.82) is 0 Å². The molecule has 0 unspecified atom stereocenters. The van der Waals surface area contributed by atoms with Crippen LogP contribution in [0.5, 0.6) is 5.75 Å². The third-order valence-electron chi connectivity index (χ3n) is 3.51. The number of rotatable bonds is 7. The number of nitrogens with zero attached hydrogens (tertiary/aromatic N) is 3. The maximum absolute atomic E-state index is 12.1. The second-order valence-corrected chi connectivity index (χ2v) is 5.52. The number of hydrogen-bond donors (Lipinski definition) is 2. The minimum atomic E-state index is -0.552. The van der Waals surface area contributed by atoms with Crippen LogP contribution in [-0.4, -0.2) is 33.2 Å². The van der Waals surface area contributed by atoms with Crippen LogP contribution in [0.25, 0.3) is 0 Å². The van der Waals surface area contributed by atoms with Crippen LogP contribution in [0.4, 0.5) is 5.69 Å². The van der Waals surface area contributed by atoms with E-state index < -0.39 is 5.91 Å². The van der Waals surface area contributed by atoms with Crippen LogP contribution in [0, 0.1) is 0 Å². The first-order valence-corrected chi connectivity index (χ1v) is 7.84. The van der Waals surface area contributed by atoms with Gasteiger partial charge in [-0.05, 0) is 35.9 Å². The molecular formula is C18H17N5O3. The molecule has 0 aliphatic heterocycles. The predicted molar refractivity (Wildman–Crippen MR) is 94.7 cm³/mol. The highest BCUT2D eigenvalue weighted by molar-refractivity contribution is 5.93. The van der Waals surface area contributed by atoms with Crippen molar-refractivity contribution in [2.45, 2.75) is 6.54 Å². The molecule has 0 saturated heterocycles. The molecule has 0 saturated carbocycles. The molecule has 1 heterocycles. The van der Waals surface area contributed by atoms with Crippen molar-refractivity contribution in [3.05, 3.63) is 72.3 Å². The summed E-state index contributed by atoms with van der Waals surface area (Å²) in [6.07, 6.45) is 3.09. The first-order chi connectivity index (χ1) is 12.6. The molecule has 2 amide bonds. The fourth-order valence-corrected chi connectivity index (χ4v) is 2.33. The molecule has 2 aromatic carbocycles. The van der Waals surface area contributed by atoms with Crippen LogP contribution in [0.2, 0.25) is 0 Å². The highest BCUT2D eigenvalue weighted by atomic mass is 16.5. The van der Waals surface area contributed by atoms with Gasteiger partial charge in [-0.15, -0.1) is 0 Å². The molecule has 8 nitrogen and oxygen atoms in total. The maximum Gasteiger partial charge on any atom is 0.262 e. The predicted octanol–water partition coefficient (Wildman–Crippen LogP) is 1.44. The molecular weight excluding hydrogens is 334 g/mol. The molecule has 1 aromatic heterocycles. The zero-order chi connectivity index (χ0) is 18.4. The molecule has 8 heteroatoms. The summed E-state index contributed by atoms with van der Waals surface area (Å²) in [7, 11) is 0. The molecule has 132 valence electrons. The molecule has 0 spiro atoms. The van der Waals surface area contributed by atoms with E-state index in [0.717, 1.165) is 5.56 Å². The van der Waals surface area contributed by atoms with Gasteiger partial charge in [0.15, 0.2) is 6.61 Å². The van der Waals surface area contributed by atoms with Crippen LogP contribution in [0.15, 0.2) is 61.2 Å². The fraction of sp³-hybridized carbons (Fsp3) is 0.111. The average molecular weight is 351 g/mol. The third kappa shape index (κ3) is 4.67. The van der Waals surface area contributed by atoms with E-state index in [1.807, 2.05) is 18.2 Å². The Morgan fingerprint density at radius 2 is 2.00 bits per heavy atom.